The molecular weight excluding hydrogens is 411 g/mol. The molecule has 0 aliphatic rings. The minimum atomic E-state index is -4.35. The van der Waals surface area contributed by atoms with Gasteiger partial charge in [-0.2, -0.15) is 13.2 Å². The first-order valence-corrected chi connectivity index (χ1v) is 9.82. The van der Waals surface area contributed by atoms with Crippen molar-refractivity contribution in [2.24, 2.45) is 0 Å². The van der Waals surface area contributed by atoms with Crippen molar-refractivity contribution in [3.8, 4) is 5.75 Å². The summed E-state index contributed by atoms with van der Waals surface area (Å²) in [7, 11) is 0. The van der Waals surface area contributed by atoms with Gasteiger partial charge in [0.05, 0.1) is 5.56 Å². The van der Waals surface area contributed by atoms with E-state index in [4.69, 9.17) is 16.3 Å². The molecule has 3 rings (SSSR count). The van der Waals surface area contributed by atoms with Gasteiger partial charge in [0, 0.05) is 17.3 Å². The summed E-state index contributed by atoms with van der Waals surface area (Å²) in [6.07, 6.45) is -4.35. The molecule has 0 spiro atoms. The van der Waals surface area contributed by atoms with E-state index in [0.717, 1.165) is 12.1 Å². The third kappa shape index (κ3) is 5.20. The zero-order chi connectivity index (χ0) is 20.1. The van der Waals surface area contributed by atoms with E-state index >= 15 is 0 Å². The lowest BCUT2D eigenvalue weighted by atomic mass is 10.1. The van der Waals surface area contributed by atoms with Crippen molar-refractivity contribution in [2.45, 2.75) is 37.2 Å². The molecule has 9 heteroatoms. The van der Waals surface area contributed by atoms with Crippen LogP contribution in [-0.2, 0) is 25.1 Å². The highest BCUT2D eigenvalue weighted by Crippen LogP contribution is 2.31. The second kappa shape index (κ2) is 8.87. The Bertz CT molecular complexity index is 929. The van der Waals surface area contributed by atoms with Crippen LogP contribution < -0.4 is 4.74 Å². The van der Waals surface area contributed by atoms with Gasteiger partial charge >= 0.3 is 6.18 Å². The van der Waals surface area contributed by atoms with Gasteiger partial charge in [0.15, 0.2) is 11.0 Å². The highest BCUT2D eigenvalue weighted by Gasteiger charge is 2.30. The number of nitrogens with zero attached hydrogens (tertiary/aromatic N) is 3. The van der Waals surface area contributed by atoms with E-state index in [1.807, 2.05) is 11.5 Å². The molecule has 1 heterocycles. The second-order valence-electron chi connectivity index (χ2n) is 5.87. The molecule has 2 aromatic carbocycles. The summed E-state index contributed by atoms with van der Waals surface area (Å²) in [5.41, 5.74) is -0.0796. The quantitative estimate of drug-likeness (QED) is 0.444. The van der Waals surface area contributed by atoms with Crippen LogP contribution >= 0.6 is 23.4 Å². The SMILES string of the molecule is CCn1c(COc2ccc(Cl)cc2)nnc1SCc1cccc(C(F)(F)F)c1. The standard InChI is InChI=1S/C19H17ClF3N3OS/c1-2-26-17(11-27-16-8-6-15(20)7-9-16)24-25-18(26)28-12-13-4-3-5-14(10-13)19(21,22)23/h3-10H,2,11-12H2,1H3. The fraction of sp³-hybridized carbons (Fsp3) is 0.263. The Morgan fingerprint density at radius 1 is 1.11 bits per heavy atom. The van der Waals surface area contributed by atoms with E-state index in [1.54, 1.807) is 30.3 Å². The lowest BCUT2D eigenvalue weighted by Crippen LogP contribution is -2.07. The molecule has 28 heavy (non-hydrogen) atoms. The number of benzene rings is 2. The van der Waals surface area contributed by atoms with Crippen LogP contribution in [0.15, 0.2) is 53.7 Å². The van der Waals surface area contributed by atoms with Crippen LogP contribution in [0, 0.1) is 0 Å². The number of rotatable bonds is 7. The first kappa shape index (κ1) is 20.5. The highest BCUT2D eigenvalue weighted by atomic mass is 35.5. The topological polar surface area (TPSA) is 39.9 Å². The Hall–Kier alpha value is -2.19. The molecule has 0 atom stereocenters. The molecule has 0 bridgehead atoms. The molecule has 148 valence electrons. The van der Waals surface area contributed by atoms with Gasteiger partial charge in [-0.1, -0.05) is 41.6 Å². The van der Waals surface area contributed by atoms with Gasteiger partial charge in [-0.05, 0) is 42.8 Å². The van der Waals surface area contributed by atoms with Crippen LogP contribution in [0.2, 0.25) is 5.02 Å². The first-order chi connectivity index (χ1) is 13.4. The van der Waals surface area contributed by atoms with Crippen molar-refractivity contribution >= 4 is 23.4 Å². The van der Waals surface area contributed by atoms with Crippen LogP contribution in [0.5, 0.6) is 5.75 Å². The van der Waals surface area contributed by atoms with Crippen molar-refractivity contribution in [2.75, 3.05) is 0 Å². The molecule has 0 fully saturated rings. The highest BCUT2D eigenvalue weighted by molar-refractivity contribution is 7.98. The largest absolute Gasteiger partial charge is 0.486 e. The molecule has 0 saturated carbocycles. The molecule has 0 aliphatic carbocycles. The average Bonchev–Trinajstić information content (AvgIpc) is 3.07. The number of hydrogen-bond acceptors (Lipinski definition) is 4. The van der Waals surface area contributed by atoms with Crippen LogP contribution in [0.25, 0.3) is 0 Å². The summed E-state index contributed by atoms with van der Waals surface area (Å²) in [5, 5.41) is 9.56. The monoisotopic (exact) mass is 427 g/mol. The van der Waals surface area contributed by atoms with E-state index in [0.29, 0.717) is 39.6 Å². The minimum Gasteiger partial charge on any atom is -0.486 e. The van der Waals surface area contributed by atoms with Crippen molar-refractivity contribution in [1.29, 1.82) is 0 Å². The number of alkyl halides is 3. The van der Waals surface area contributed by atoms with Gasteiger partial charge < -0.3 is 9.30 Å². The summed E-state index contributed by atoms with van der Waals surface area (Å²) in [5.74, 6) is 1.66. The van der Waals surface area contributed by atoms with Crippen molar-refractivity contribution < 1.29 is 17.9 Å². The Labute approximate surface area is 169 Å². The Kier molecular flexibility index (Phi) is 6.51. The summed E-state index contributed by atoms with van der Waals surface area (Å²) in [4.78, 5) is 0. The Balaban J connectivity index is 1.66. The molecule has 0 unspecified atom stereocenters. The third-order valence-corrected chi connectivity index (χ3v) is 5.20. The normalized spacial score (nSPS) is 11.6. The fourth-order valence-electron chi connectivity index (χ4n) is 2.51. The zero-order valence-corrected chi connectivity index (χ0v) is 16.5. The molecule has 1 aromatic heterocycles. The maximum atomic E-state index is 12.8. The van der Waals surface area contributed by atoms with Gasteiger partial charge in [-0.15, -0.1) is 10.2 Å². The molecule has 0 saturated heterocycles. The van der Waals surface area contributed by atoms with Crippen molar-refractivity contribution in [3.63, 3.8) is 0 Å². The van der Waals surface area contributed by atoms with Gasteiger partial charge in [0.25, 0.3) is 0 Å². The first-order valence-electron chi connectivity index (χ1n) is 8.46. The summed E-state index contributed by atoms with van der Waals surface area (Å²) in [6, 6.07) is 12.3. The van der Waals surface area contributed by atoms with E-state index in [1.165, 1.54) is 17.8 Å². The maximum Gasteiger partial charge on any atom is 0.416 e. The fourth-order valence-corrected chi connectivity index (χ4v) is 3.60. The predicted octanol–water partition coefficient (Wildman–Crippen LogP) is 5.84. The van der Waals surface area contributed by atoms with Crippen LogP contribution in [0.1, 0.15) is 23.9 Å². The third-order valence-electron chi connectivity index (χ3n) is 3.91. The number of aromatic nitrogens is 3. The van der Waals surface area contributed by atoms with Crippen molar-refractivity contribution in [3.05, 3.63) is 70.5 Å². The number of ether oxygens (including phenoxy) is 1. The molecule has 3 aromatic rings. The smallest absolute Gasteiger partial charge is 0.416 e. The number of halogens is 4. The average molecular weight is 428 g/mol. The lowest BCUT2D eigenvalue weighted by Gasteiger charge is -2.10. The van der Waals surface area contributed by atoms with Gasteiger partial charge in [0.1, 0.15) is 12.4 Å². The van der Waals surface area contributed by atoms with Gasteiger partial charge in [-0.3, -0.25) is 0 Å². The summed E-state index contributed by atoms with van der Waals surface area (Å²) < 4.78 is 46.1. The molecule has 0 N–H and O–H groups in total. The molecule has 0 amide bonds. The predicted molar refractivity (Wildman–Crippen MR) is 102 cm³/mol. The summed E-state index contributed by atoms with van der Waals surface area (Å²) >= 11 is 7.19. The van der Waals surface area contributed by atoms with Crippen LogP contribution in [0.4, 0.5) is 13.2 Å². The Morgan fingerprint density at radius 3 is 2.54 bits per heavy atom. The Morgan fingerprint density at radius 2 is 1.86 bits per heavy atom. The second-order valence-corrected chi connectivity index (χ2v) is 7.25. The number of hydrogen-bond donors (Lipinski definition) is 0. The molecule has 0 radical (unpaired) electrons. The lowest BCUT2D eigenvalue weighted by molar-refractivity contribution is -0.137. The van der Waals surface area contributed by atoms with Gasteiger partial charge in [-0.25, -0.2) is 0 Å². The molecule has 0 aliphatic heterocycles. The van der Waals surface area contributed by atoms with E-state index in [2.05, 4.69) is 10.2 Å². The van der Waals surface area contributed by atoms with E-state index in [9.17, 15) is 13.2 Å². The van der Waals surface area contributed by atoms with Crippen LogP contribution in [0.3, 0.4) is 0 Å². The van der Waals surface area contributed by atoms with E-state index < -0.39 is 11.7 Å². The minimum absolute atomic E-state index is 0.229. The molecular formula is C19H17ClF3N3OS. The van der Waals surface area contributed by atoms with Gasteiger partial charge in [0.2, 0.25) is 0 Å². The number of thioether (sulfide) groups is 1. The van der Waals surface area contributed by atoms with E-state index in [-0.39, 0.29) is 6.61 Å². The summed E-state index contributed by atoms with van der Waals surface area (Å²) in [6.45, 7) is 2.80. The maximum absolute atomic E-state index is 12.8. The van der Waals surface area contributed by atoms with Crippen LogP contribution in [-0.4, -0.2) is 14.8 Å². The van der Waals surface area contributed by atoms with Crippen molar-refractivity contribution in [1.82, 2.24) is 14.8 Å². The molecule has 4 nitrogen and oxygen atoms in total. The zero-order valence-electron chi connectivity index (χ0n) is 14.9.